The third-order valence-electron chi connectivity index (χ3n) is 3.48. The first kappa shape index (κ1) is 8.97. The van der Waals surface area contributed by atoms with Crippen LogP contribution in [0.5, 0.6) is 0 Å². The van der Waals surface area contributed by atoms with E-state index in [1.165, 1.54) is 18.4 Å². The number of rotatable bonds is 0. The Labute approximate surface area is 84.4 Å². The lowest BCUT2D eigenvalue weighted by Crippen LogP contribution is -3.05. The summed E-state index contributed by atoms with van der Waals surface area (Å²) in [6.45, 7) is 0. The van der Waals surface area contributed by atoms with Crippen molar-refractivity contribution in [2.45, 2.75) is 24.9 Å². The summed E-state index contributed by atoms with van der Waals surface area (Å²) in [6.07, 6.45) is 6.71. The molecule has 2 nitrogen and oxygen atoms in total. The smallest absolute Gasteiger partial charge is 0.116 e. The van der Waals surface area contributed by atoms with Crippen LogP contribution < -0.4 is 17.3 Å². The summed E-state index contributed by atoms with van der Waals surface area (Å²) in [4.78, 5) is 5.87. The molecule has 0 aliphatic carbocycles. The van der Waals surface area contributed by atoms with E-state index < -0.39 is 0 Å². The number of nitrogens with zero attached hydrogens (tertiary/aromatic N) is 1. The van der Waals surface area contributed by atoms with Crippen LogP contribution in [0.3, 0.4) is 0 Å². The lowest BCUT2D eigenvalue weighted by atomic mass is 9.94. The van der Waals surface area contributed by atoms with Gasteiger partial charge in [-0.05, 0) is 6.07 Å². The van der Waals surface area contributed by atoms with Gasteiger partial charge in [-0.1, -0.05) is 0 Å². The first-order valence-corrected chi connectivity index (χ1v) is 4.65. The molecule has 13 heavy (non-hydrogen) atoms. The van der Waals surface area contributed by atoms with Crippen LogP contribution in [0.1, 0.15) is 36.1 Å². The third-order valence-corrected chi connectivity index (χ3v) is 3.48. The quantitative estimate of drug-likeness (QED) is 0.485. The van der Waals surface area contributed by atoms with E-state index in [9.17, 15) is 0 Å². The normalized spacial score (nSPS) is 34.1. The van der Waals surface area contributed by atoms with Gasteiger partial charge < -0.3 is 17.3 Å². The fraction of sp³-hybridized carbons (Fsp3) is 0.500. The lowest BCUT2D eigenvalue weighted by molar-refractivity contribution is -0.921. The van der Waals surface area contributed by atoms with Gasteiger partial charge >= 0.3 is 0 Å². The Kier molecular flexibility index (Phi) is 2.05. The largest absolute Gasteiger partial charge is 1.00 e. The van der Waals surface area contributed by atoms with Gasteiger partial charge in [0.25, 0.3) is 0 Å². The molecule has 0 amide bonds. The molecule has 0 aromatic carbocycles. The van der Waals surface area contributed by atoms with Gasteiger partial charge in [0.2, 0.25) is 0 Å². The second-order valence-corrected chi connectivity index (χ2v) is 3.93. The predicted octanol–water partition coefficient (Wildman–Crippen LogP) is -2.51. The molecule has 2 bridgehead atoms. The molecule has 70 valence electrons. The van der Waals surface area contributed by atoms with Crippen molar-refractivity contribution in [3.63, 3.8) is 0 Å². The average Bonchev–Trinajstić information content (AvgIpc) is 2.61. The molecule has 0 radical (unpaired) electrons. The van der Waals surface area contributed by atoms with Crippen LogP contribution in [0.2, 0.25) is 0 Å². The maximum Gasteiger partial charge on any atom is 0.116 e. The van der Waals surface area contributed by atoms with E-state index in [-0.39, 0.29) is 12.4 Å². The van der Waals surface area contributed by atoms with Crippen molar-refractivity contribution >= 4 is 0 Å². The fourth-order valence-corrected chi connectivity index (χ4v) is 2.86. The van der Waals surface area contributed by atoms with Gasteiger partial charge in [0, 0.05) is 36.4 Å². The van der Waals surface area contributed by atoms with E-state index in [0.29, 0.717) is 0 Å². The Hall–Kier alpha value is -0.600. The summed E-state index contributed by atoms with van der Waals surface area (Å²) in [5.41, 5.74) is 3.06. The number of hydrogen-bond acceptors (Lipinski definition) is 1. The Bertz CT molecular complexity index is 295. The molecule has 3 rings (SSSR count). The SMILES string of the molecule is C[NH+]1[C@@H]2CC[C@H]1c1cnccc12.[Cl-]. The highest BCUT2D eigenvalue weighted by atomic mass is 35.5. The molecule has 1 saturated heterocycles. The van der Waals surface area contributed by atoms with Crippen LogP contribution >= 0.6 is 0 Å². The summed E-state index contributed by atoms with van der Waals surface area (Å²) in [5, 5.41) is 0. The monoisotopic (exact) mass is 196 g/mol. The second-order valence-electron chi connectivity index (χ2n) is 3.93. The highest BCUT2D eigenvalue weighted by molar-refractivity contribution is 5.32. The van der Waals surface area contributed by atoms with E-state index in [2.05, 4.69) is 24.3 Å². The molecule has 1 aromatic rings. The Morgan fingerprint density at radius 1 is 1.31 bits per heavy atom. The number of fused-ring (bicyclic) bond motifs is 5. The maximum atomic E-state index is 4.20. The van der Waals surface area contributed by atoms with Gasteiger partial charge in [-0.25, -0.2) is 0 Å². The van der Waals surface area contributed by atoms with Crippen LogP contribution in [0.25, 0.3) is 0 Å². The molecule has 3 heterocycles. The van der Waals surface area contributed by atoms with Gasteiger partial charge in [-0.2, -0.15) is 0 Å². The number of halogens is 1. The molecule has 3 heteroatoms. The Morgan fingerprint density at radius 2 is 2.00 bits per heavy atom. The van der Waals surface area contributed by atoms with E-state index in [1.807, 2.05) is 6.20 Å². The topological polar surface area (TPSA) is 17.3 Å². The number of hydrogen-bond donors (Lipinski definition) is 1. The van der Waals surface area contributed by atoms with Crippen molar-refractivity contribution in [1.82, 2.24) is 4.98 Å². The van der Waals surface area contributed by atoms with Crippen LogP contribution in [0.4, 0.5) is 0 Å². The van der Waals surface area contributed by atoms with Crippen LogP contribution in [0, 0.1) is 0 Å². The summed E-state index contributed by atoms with van der Waals surface area (Å²) < 4.78 is 0. The van der Waals surface area contributed by atoms with Crippen molar-refractivity contribution in [1.29, 1.82) is 0 Å². The van der Waals surface area contributed by atoms with Crippen molar-refractivity contribution < 1.29 is 17.3 Å². The van der Waals surface area contributed by atoms with Gasteiger partial charge in [0.15, 0.2) is 0 Å². The van der Waals surface area contributed by atoms with Crippen molar-refractivity contribution in [3.05, 3.63) is 29.6 Å². The molecular weight excluding hydrogens is 184 g/mol. The molecule has 2 aliphatic rings. The second kappa shape index (κ2) is 2.96. The molecule has 0 saturated carbocycles. The number of aromatic nitrogens is 1. The minimum Gasteiger partial charge on any atom is -1.00 e. The summed E-state index contributed by atoms with van der Waals surface area (Å²) in [7, 11) is 2.31. The third kappa shape index (κ3) is 1.02. The van der Waals surface area contributed by atoms with E-state index in [0.717, 1.165) is 12.1 Å². The van der Waals surface area contributed by atoms with E-state index in [4.69, 9.17) is 0 Å². The Balaban J connectivity index is 0.000000653. The number of quaternary nitrogens is 1. The highest BCUT2D eigenvalue weighted by Gasteiger charge is 2.45. The van der Waals surface area contributed by atoms with Gasteiger partial charge in [-0.15, -0.1) is 0 Å². The van der Waals surface area contributed by atoms with E-state index in [1.54, 1.807) is 10.5 Å². The first-order chi connectivity index (χ1) is 5.88. The standard InChI is InChI=1S/C10H12N2.ClH/c1-12-9-2-3-10(12)8-6-11-5-4-7(8)9;/h4-6,9-10H,2-3H2,1H3;1H/t9-,10+;/m1./s1. The average molecular weight is 197 g/mol. The molecule has 1 fully saturated rings. The molecule has 3 atom stereocenters. The van der Waals surface area contributed by atoms with Crippen LogP contribution in [-0.4, -0.2) is 12.0 Å². The zero-order valence-corrected chi connectivity index (χ0v) is 8.38. The van der Waals surface area contributed by atoms with Gasteiger partial charge in [0.05, 0.1) is 7.05 Å². The van der Waals surface area contributed by atoms with Gasteiger partial charge in [0.1, 0.15) is 12.1 Å². The minimum absolute atomic E-state index is 0. The highest BCUT2D eigenvalue weighted by Crippen LogP contribution is 2.39. The number of pyridine rings is 1. The molecule has 1 N–H and O–H groups in total. The van der Waals surface area contributed by atoms with E-state index >= 15 is 0 Å². The molecule has 0 spiro atoms. The van der Waals surface area contributed by atoms with Crippen LogP contribution in [0.15, 0.2) is 18.5 Å². The first-order valence-electron chi connectivity index (χ1n) is 4.65. The predicted molar refractivity (Wildman–Crippen MR) is 45.8 cm³/mol. The summed E-state index contributed by atoms with van der Waals surface area (Å²) in [5.74, 6) is 0. The zero-order valence-electron chi connectivity index (χ0n) is 7.63. The molecule has 1 unspecified atom stereocenters. The summed E-state index contributed by atoms with van der Waals surface area (Å²) >= 11 is 0. The number of nitrogens with one attached hydrogen (secondary N) is 1. The van der Waals surface area contributed by atoms with Crippen LogP contribution in [-0.2, 0) is 0 Å². The van der Waals surface area contributed by atoms with Crippen molar-refractivity contribution in [3.8, 4) is 0 Å². The minimum atomic E-state index is 0. The zero-order chi connectivity index (χ0) is 8.13. The lowest BCUT2D eigenvalue weighted by Gasteiger charge is -2.10. The maximum absolute atomic E-state index is 4.20. The summed E-state index contributed by atoms with van der Waals surface area (Å²) in [6, 6.07) is 3.72. The van der Waals surface area contributed by atoms with Crippen molar-refractivity contribution in [2.24, 2.45) is 0 Å². The fourth-order valence-electron chi connectivity index (χ4n) is 2.86. The Morgan fingerprint density at radius 3 is 2.69 bits per heavy atom. The van der Waals surface area contributed by atoms with Gasteiger partial charge in [-0.3, -0.25) is 4.98 Å². The molecule has 1 aromatic heterocycles. The molecule has 2 aliphatic heterocycles. The van der Waals surface area contributed by atoms with Crippen molar-refractivity contribution in [2.75, 3.05) is 7.05 Å². The molecular formula is C10H13ClN2.